The number of nitrogens with one attached hydrogen (secondary N) is 1. The van der Waals surface area contributed by atoms with Gasteiger partial charge >= 0.3 is 0 Å². The zero-order chi connectivity index (χ0) is 13.0. The summed E-state index contributed by atoms with van der Waals surface area (Å²) in [7, 11) is 0. The Morgan fingerprint density at radius 2 is 2.11 bits per heavy atom. The molecular formula is C15H30N2O. The van der Waals surface area contributed by atoms with Crippen molar-refractivity contribution in [1.29, 1.82) is 0 Å². The van der Waals surface area contributed by atoms with Crippen LogP contribution in [0.5, 0.6) is 0 Å². The first-order chi connectivity index (χ1) is 8.68. The first-order valence-electron chi connectivity index (χ1n) is 7.76. The average molecular weight is 254 g/mol. The van der Waals surface area contributed by atoms with Crippen molar-refractivity contribution >= 4 is 0 Å². The summed E-state index contributed by atoms with van der Waals surface area (Å²) in [6.07, 6.45) is 5.76. The predicted molar refractivity (Wildman–Crippen MR) is 75.9 cm³/mol. The number of hydrogen-bond donors (Lipinski definition) is 1. The molecule has 1 saturated heterocycles. The minimum absolute atomic E-state index is 0.532. The Labute approximate surface area is 112 Å². The number of ether oxygens (including phenoxy) is 1. The lowest BCUT2D eigenvalue weighted by Crippen LogP contribution is -2.52. The Bertz CT molecular complexity index is 245. The van der Waals surface area contributed by atoms with Gasteiger partial charge in [0.25, 0.3) is 0 Å². The van der Waals surface area contributed by atoms with E-state index in [0.29, 0.717) is 18.2 Å². The minimum Gasteiger partial charge on any atom is -0.375 e. The van der Waals surface area contributed by atoms with Crippen LogP contribution < -0.4 is 5.32 Å². The highest BCUT2D eigenvalue weighted by molar-refractivity contribution is 4.91. The van der Waals surface area contributed by atoms with Gasteiger partial charge in [-0.15, -0.1) is 0 Å². The highest BCUT2D eigenvalue weighted by Crippen LogP contribution is 2.31. The standard InChI is InChI=1S/C15H30N2O/c1-12(2)11-16-8-7-13(3)17-9-10-18-15-6-4-5-14(15)17/h12-16H,4-11H2,1-3H3. The molecule has 106 valence electrons. The lowest BCUT2D eigenvalue weighted by atomic mass is 10.1. The molecule has 0 aromatic rings. The molecule has 0 spiro atoms. The fourth-order valence-electron chi connectivity index (χ4n) is 3.37. The van der Waals surface area contributed by atoms with Gasteiger partial charge in [0, 0.05) is 18.6 Å². The van der Waals surface area contributed by atoms with Gasteiger partial charge in [-0.2, -0.15) is 0 Å². The molecule has 1 aliphatic heterocycles. The number of nitrogens with zero attached hydrogens (tertiary/aromatic N) is 1. The maximum absolute atomic E-state index is 5.88. The van der Waals surface area contributed by atoms with Crippen LogP contribution in [0.4, 0.5) is 0 Å². The Morgan fingerprint density at radius 3 is 2.89 bits per heavy atom. The van der Waals surface area contributed by atoms with Crippen LogP contribution in [0.1, 0.15) is 46.5 Å². The van der Waals surface area contributed by atoms with Gasteiger partial charge < -0.3 is 10.1 Å². The summed E-state index contributed by atoms with van der Waals surface area (Å²) in [6.45, 7) is 11.3. The minimum atomic E-state index is 0.532. The van der Waals surface area contributed by atoms with Crippen LogP contribution in [0.3, 0.4) is 0 Å². The summed E-state index contributed by atoms with van der Waals surface area (Å²) >= 11 is 0. The Morgan fingerprint density at radius 1 is 1.28 bits per heavy atom. The summed E-state index contributed by atoms with van der Waals surface area (Å²) in [5, 5.41) is 3.56. The maximum atomic E-state index is 5.88. The van der Waals surface area contributed by atoms with E-state index in [-0.39, 0.29) is 0 Å². The van der Waals surface area contributed by atoms with Crippen LogP contribution in [-0.4, -0.2) is 49.3 Å². The second-order valence-electron chi connectivity index (χ2n) is 6.38. The van der Waals surface area contributed by atoms with Crippen molar-refractivity contribution in [2.24, 2.45) is 5.92 Å². The smallest absolute Gasteiger partial charge is 0.0731 e. The average Bonchev–Trinajstić information content (AvgIpc) is 2.82. The maximum Gasteiger partial charge on any atom is 0.0731 e. The van der Waals surface area contributed by atoms with Gasteiger partial charge in [-0.05, 0) is 51.6 Å². The molecule has 2 fully saturated rings. The third kappa shape index (κ3) is 3.69. The van der Waals surface area contributed by atoms with Crippen molar-refractivity contribution in [1.82, 2.24) is 10.2 Å². The molecule has 1 N–H and O–H groups in total. The largest absolute Gasteiger partial charge is 0.375 e. The molecule has 3 nitrogen and oxygen atoms in total. The molecule has 0 amide bonds. The van der Waals surface area contributed by atoms with Crippen LogP contribution in [-0.2, 0) is 4.74 Å². The van der Waals surface area contributed by atoms with E-state index in [1.165, 1.54) is 25.7 Å². The lowest BCUT2D eigenvalue weighted by Gasteiger charge is -2.41. The molecule has 0 aromatic carbocycles. The van der Waals surface area contributed by atoms with E-state index >= 15 is 0 Å². The number of morpholine rings is 1. The monoisotopic (exact) mass is 254 g/mol. The molecule has 1 heterocycles. The molecule has 0 aromatic heterocycles. The second-order valence-corrected chi connectivity index (χ2v) is 6.38. The fourth-order valence-corrected chi connectivity index (χ4v) is 3.37. The van der Waals surface area contributed by atoms with Crippen molar-refractivity contribution in [3.05, 3.63) is 0 Å². The lowest BCUT2D eigenvalue weighted by molar-refractivity contribution is -0.0700. The Kier molecular flexibility index (Phi) is 5.46. The number of hydrogen-bond acceptors (Lipinski definition) is 3. The molecule has 2 aliphatic rings. The van der Waals surface area contributed by atoms with Gasteiger partial charge in [-0.25, -0.2) is 0 Å². The third-order valence-electron chi connectivity index (χ3n) is 4.38. The highest BCUT2D eigenvalue weighted by atomic mass is 16.5. The molecule has 2 rings (SSSR count). The van der Waals surface area contributed by atoms with E-state index in [9.17, 15) is 0 Å². The molecule has 3 unspecified atom stereocenters. The zero-order valence-electron chi connectivity index (χ0n) is 12.3. The van der Waals surface area contributed by atoms with Crippen molar-refractivity contribution in [3.63, 3.8) is 0 Å². The van der Waals surface area contributed by atoms with E-state index in [4.69, 9.17) is 4.74 Å². The van der Waals surface area contributed by atoms with Crippen LogP contribution >= 0.6 is 0 Å². The van der Waals surface area contributed by atoms with Crippen LogP contribution in [0.2, 0.25) is 0 Å². The SMILES string of the molecule is CC(C)CNCCC(C)N1CCOC2CCCC21. The van der Waals surface area contributed by atoms with Gasteiger partial charge in [-0.1, -0.05) is 13.8 Å². The van der Waals surface area contributed by atoms with E-state index in [0.717, 1.165) is 32.2 Å². The van der Waals surface area contributed by atoms with Crippen molar-refractivity contribution in [2.45, 2.75) is 64.6 Å². The summed E-state index contributed by atoms with van der Waals surface area (Å²) < 4.78 is 5.88. The Balaban J connectivity index is 1.72. The summed E-state index contributed by atoms with van der Waals surface area (Å²) in [4.78, 5) is 2.71. The highest BCUT2D eigenvalue weighted by Gasteiger charge is 2.37. The van der Waals surface area contributed by atoms with E-state index in [2.05, 4.69) is 31.0 Å². The van der Waals surface area contributed by atoms with Crippen molar-refractivity contribution in [2.75, 3.05) is 26.2 Å². The first kappa shape index (κ1) is 14.3. The molecule has 0 bridgehead atoms. The van der Waals surface area contributed by atoms with E-state index < -0.39 is 0 Å². The Hall–Kier alpha value is -0.120. The van der Waals surface area contributed by atoms with Gasteiger partial charge in [0.05, 0.1) is 12.7 Å². The molecule has 1 aliphatic carbocycles. The van der Waals surface area contributed by atoms with Gasteiger partial charge in [0.1, 0.15) is 0 Å². The molecule has 3 heteroatoms. The van der Waals surface area contributed by atoms with E-state index in [1.54, 1.807) is 0 Å². The second kappa shape index (κ2) is 6.88. The quantitative estimate of drug-likeness (QED) is 0.736. The fraction of sp³-hybridized carbons (Fsp3) is 1.00. The van der Waals surface area contributed by atoms with Crippen LogP contribution in [0.25, 0.3) is 0 Å². The molecule has 1 saturated carbocycles. The topological polar surface area (TPSA) is 24.5 Å². The number of fused-ring (bicyclic) bond motifs is 1. The predicted octanol–water partition coefficient (Wildman–Crippen LogP) is 2.26. The summed E-state index contributed by atoms with van der Waals surface area (Å²) in [5.41, 5.74) is 0. The molecule has 0 radical (unpaired) electrons. The molecule has 18 heavy (non-hydrogen) atoms. The van der Waals surface area contributed by atoms with E-state index in [1.807, 2.05) is 0 Å². The van der Waals surface area contributed by atoms with Crippen LogP contribution in [0.15, 0.2) is 0 Å². The zero-order valence-corrected chi connectivity index (χ0v) is 12.3. The molecular weight excluding hydrogens is 224 g/mol. The van der Waals surface area contributed by atoms with Gasteiger partial charge in [0.15, 0.2) is 0 Å². The first-order valence-corrected chi connectivity index (χ1v) is 7.76. The normalized spacial score (nSPS) is 30.7. The summed E-state index contributed by atoms with van der Waals surface area (Å²) in [5.74, 6) is 0.753. The number of rotatable bonds is 6. The van der Waals surface area contributed by atoms with Gasteiger partial charge in [0.2, 0.25) is 0 Å². The van der Waals surface area contributed by atoms with Crippen molar-refractivity contribution in [3.8, 4) is 0 Å². The molecule has 3 atom stereocenters. The van der Waals surface area contributed by atoms with Crippen molar-refractivity contribution < 1.29 is 4.74 Å². The van der Waals surface area contributed by atoms with Gasteiger partial charge in [-0.3, -0.25) is 4.90 Å². The summed E-state index contributed by atoms with van der Waals surface area (Å²) in [6, 6.07) is 1.40. The third-order valence-corrected chi connectivity index (χ3v) is 4.38. The van der Waals surface area contributed by atoms with Crippen LogP contribution in [0, 0.1) is 5.92 Å².